The van der Waals surface area contributed by atoms with E-state index in [0.717, 1.165) is 25.0 Å². The molecule has 0 aliphatic heterocycles. The largest absolute Gasteiger partial charge is 0.313 e. The van der Waals surface area contributed by atoms with Crippen LogP contribution in [0.2, 0.25) is 0 Å². The van der Waals surface area contributed by atoms with Crippen LogP contribution in [0.3, 0.4) is 0 Å². The summed E-state index contributed by atoms with van der Waals surface area (Å²) in [4.78, 5) is 4.41. The Morgan fingerprint density at radius 3 is 2.62 bits per heavy atom. The van der Waals surface area contributed by atoms with E-state index in [1.807, 2.05) is 19.3 Å². The zero-order valence-corrected chi connectivity index (χ0v) is 13.3. The lowest BCUT2D eigenvalue weighted by Gasteiger charge is -2.18. The summed E-state index contributed by atoms with van der Waals surface area (Å²) in [5.41, 5.74) is 3.98. The third-order valence-corrected chi connectivity index (χ3v) is 3.76. The van der Waals surface area contributed by atoms with E-state index in [-0.39, 0.29) is 0 Å². The first-order valence-electron chi connectivity index (χ1n) is 7.85. The van der Waals surface area contributed by atoms with Crippen LogP contribution in [0.15, 0.2) is 48.7 Å². The minimum atomic E-state index is 0.388. The smallest absolute Gasteiger partial charge is 0.0404 e. The van der Waals surface area contributed by atoms with Crippen molar-refractivity contribution in [2.24, 2.45) is 5.92 Å². The summed E-state index contributed by atoms with van der Waals surface area (Å²) in [5.74, 6) is 0.696. The SMILES string of the molecule is CNC(CCc1ccccn1)c1cccc(CC(C)C)c1. The zero-order valence-electron chi connectivity index (χ0n) is 13.3. The van der Waals surface area contributed by atoms with Gasteiger partial charge in [0.05, 0.1) is 0 Å². The highest BCUT2D eigenvalue weighted by molar-refractivity contribution is 5.26. The Labute approximate surface area is 128 Å². The molecule has 1 aromatic carbocycles. The maximum atomic E-state index is 4.41. The molecule has 1 N–H and O–H groups in total. The fraction of sp³-hybridized carbons (Fsp3) is 0.421. The van der Waals surface area contributed by atoms with Crippen molar-refractivity contribution in [1.82, 2.24) is 10.3 Å². The second-order valence-corrected chi connectivity index (χ2v) is 6.04. The molecule has 2 nitrogen and oxygen atoms in total. The molecule has 0 saturated heterocycles. The minimum Gasteiger partial charge on any atom is -0.313 e. The lowest BCUT2D eigenvalue weighted by molar-refractivity contribution is 0.544. The van der Waals surface area contributed by atoms with Gasteiger partial charge in [-0.1, -0.05) is 44.2 Å². The Balaban J connectivity index is 2.03. The van der Waals surface area contributed by atoms with Crippen molar-refractivity contribution in [3.05, 3.63) is 65.5 Å². The Morgan fingerprint density at radius 1 is 1.10 bits per heavy atom. The van der Waals surface area contributed by atoms with Crippen LogP contribution >= 0.6 is 0 Å². The van der Waals surface area contributed by atoms with Gasteiger partial charge in [-0.2, -0.15) is 0 Å². The molecule has 21 heavy (non-hydrogen) atoms. The molecule has 0 amide bonds. The van der Waals surface area contributed by atoms with Crippen molar-refractivity contribution < 1.29 is 0 Å². The molecular formula is C19H26N2. The normalized spacial score (nSPS) is 12.6. The van der Waals surface area contributed by atoms with Crippen LogP contribution in [0.1, 0.15) is 43.1 Å². The molecule has 1 unspecified atom stereocenters. The van der Waals surface area contributed by atoms with Crippen LogP contribution in [-0.2, 0) is 12.8 Å². The zero-order chi connectivity index (χ0) is 15.1. The van der Waals surface area contributed by atoms with Crippen LogP contribution < -0.4 is 5.32 Å². The maximum Gasteiger partial charge on any atom is 0.0404 e. The predicted molar refractivity (Wildman–Crippen MR) is 89.3 cm³/mol. The highest BCUT2D eigenvalue weighted by Crippen LogP contribution is 2.21. The van der Waals surface area contributed by atoms with E-state index in [2.05, 4.69) is 60.5 Å². The minimum absolute atomic E-state index is 0.388. The molecule has 0 saturated carbocycles. The molecule has 0 bridgehead atoms. The average molecular weight is 282 g/mol. The topological polar surface area (TPSA) is 24.9 Å². The number of pyridine rings is 1. The van der Waals surface area contributed by atoms with Gasteiger partial charge in [0.15, 0.2) is 0 Å². The second kappa shape index (κ2) is 7.94. The lowest BCUT2D eigenvalue weighted by Crippen LogP contribution is -2.17. The predicted octanol–water partition coefficient (Wildman–Crippen LogP) is 4.17. The van der Waals surface area contributed by atoms with Crippen LogP contribution in [0.4, 0.5) is 0 Å². The number of rotatable bonds is 7. The van der Waals surface area contributed by atoms with Gasteiger partial charge in [0, 0.05) is 17.9 Å². The van der Waals surface area contributed by atoms with E-state index in [1.54, 1.807) is 0 Å². The summed E-state index contributed by atoms with van der Waals surface area (Å²) < 4.78 is 0. The van der Waals surface area contributed by atoms with Gasteiger partial charge in [-0.05, 0) is 55.5 Å². The van der Waals surface area contributed by atoms with Gasteiger partial charge in [-0.15, -0.1) is 0 Å². The second-order valence-electron chi connectivity index (χ2n) is 6.04. The summed E-state index contributed by atoms with van der Waals surface area (Å²) in [6.07, 6.45) is 5.08. The van der Waals surface area contributed by atoms with Gasteiger partial charge in [0.1, 0.15) is 0 Å². The van der Waals surface area contributed by atoms with E-state index >= 15 is 0 Å². The number of hydrogen-bond donors (Lipinski definition) is 1. The molecule has 0 aliphatic rings. The number of nitrogens with zero attached hydrogens (tertiary/aromatic N) is 1. The number of benzene rings is 1. The first-order chi connectivity index (χ1) is 10.2. The number of hydrogen-bond acceptors (Lipinski definition) is 2. The van der Waals surface area contributed by atoms with E-state index < -0.39 is 0 Å². The molecule has 1 aromatic heterocycles. The molecule has 0 fully saturated rings. The number of aryl methyl sites for hydroxylation is 1. The van der Waals surface area contributed by atoms with E-state index in [0.29, 0.717) is 12.0 Å². The van der Waals surface area contributed by atoms with Crippen molar-refractivity contribution >= 4 is 0 Å². The van der Waals surface area contributed by atoms with Crippen molar-refractivity contribution in [3.8, 4) is 0 Å². The first-order valence-corrected chi connectivity index (χ1v) is 7.85. The molecule has 1 atom stereocenters. The first kappa shape index (κ1) is 15.7. The van der Waals surface area contributed by atoms with Crippen molar-refractivity contribution in [1.29, 1.82) is 0 Å². The molecule has 2 rings (SSSR count). The van der Waals surface area contributed by atoms with Gasteiger partial charge >= 0.3 is 0 Å². The Morgan fingerprint density at radius 2 is 1.95 bits per heavy atom. The van der Waals surface area contributed by atoms with Crippen molar-refractivity contribution in [2.75, 3.05) is 7.05 Å². The Kier molecular flexibility index (Phi) is 5.94. The molecule has 0 spiro atoms. The summed E-state index contributed by atoms with van der Waals surface area (Å²) in [6.45, 7) is 4.53. The van der Waals surface area contributed by atoms with Gasteiger partial charge < -0.3 is 5.32 Å². The van der Waals surface area contributed by atoms with Crippen LogP contribution in [0, 0.1) is 5.92 Å². The number of aromatic nitrogens is 1. The van der Waals surface area contributed by atoms with E-state index in [9.17, 15) is 0 Å². The fourth-order valence-corrected chi connectivity index (χ4v) is 2.72. The highest BCUT2D eigenvalue weighted by Gasteiger charge is 2.10. The third kappa shape index (κ3) is 4.98. The summed E-state index contributed by atoms with van der Waals surface area (Å²) in [6, 6.07) is 15.5. The standard InChI is InChI=1S/C19H26N2/c1-15(2)13-16-7-6-8-17(14-16)19(20-3)11-10-18-9-4-5-12-21-18/h4-9,12,14-15,19-20H,10-11,13H2,1-3H3. The third-order valence-electron chi connectivity index (χ3n) is 3.76. The lowest BCUT2D eigenvalue weighted by atomic mass is 9.96. The van der Waals surface area contributed by atoms with Gasteiger partial charge in [0.25, 0.3) is 0 Å². The molecule has 2 heteroatoms. The maximum absolute atomic E-state index is 4.41. The van der Waals surface area contributed by atoms with E-state index in [1.165, 1.54) is 11.1 Å². The summed E-state index contributed by atoms with van der Waals surface area (Å²) in [7, 11) is 2.04. The summed E-state index contributed by atoms with van der Waals surface area (Å²) >= 11 is 0. The monoisotopic (exact) mass is 282 g/mol. The average Bonchev–Trinajstić information content (AvgIpc) is 2.49. The van der Waals surface area contributed by atoms with Crippen LogP contribution in [0.25, 0.3) is 0 Å². The molecular weight excluding hydrogens is 256 g/mol. The molecule has 2 aromatic rings. The molecule has 112 valence electrons. The van der Waals surface area contributed by atoms with Gasteiger partial charge in [0.2, 0.25) is 0 Å². The molecule has 0 aliphatic carbocycles. The van der Waals surface area contributed by atoms with Crippen LogP contribution in [-0.4, -0.2) is 12.0 Å². The van der Waals surface area contributed by atoms with Gasteiger partial charge in [-0.25, -0.2) is 0 Å². The Bertz CT molecular complexity index is 534. The quantitative estimate of drug-likeness (QED) is 0.824. The van der Waals surface area contributed by atoms with E-state index in [4.69, 9.17) is 0 Å². The van der Waals surface area contributed by atoms with Gasteiger partial charge in [-0.3, -0.25) is 4.98 Å². The number of nitrogens with one attached hydrogen (secondary N) is 1. The highest BCUT2D eigenvalue weighted by atomic mass is 14.9. The van der Waals surface area contributed by atoms with Crippen molar-refractivity contribution in [3.63, 3.8) is 0 Å². The Hall–Kier alpha value is -1.67. The molecule has 1 heterocycles. The summed E-state index contributed by atoms with van der Waals surface area (Å²) in [5, 5.41) is 3.44. The fourth-order valence-electron chi connectivity index (χ4n) is 2.72. The van der Waals surface area contributed by atoms with Crippen molar-refractivity contribution in [2.45, 2.75) is 39.2 Å². The van der Waals surface area contributed by atoms with Crippen LogP contribution in [0.5, 0.6) is 0 Å². The molecule has 0 radical (unpaired) electrons.